The van der Waals surface area contributed by atoms with Gasteiger partial charge in [0.2, 0.25) is 5.91 Å². The molecule has 168 valence electrons. The molecule has 1 amide bonds. The molecule has 3 heterocycles. The van der Waals surface area contributed by atoms with Crippen LogP contribution in [0, 0.1) is 0 Å². The highest BCUT2D eigenvalue weighted by atomic mass is 32.2. The Morgan fingerprint density at radius 2 is 1.94 bits per heavy atom. The average molecular weight is 477 g/mol. The number of benzene rings is 1. The zero-order valence-corrected chi connectivity index (χ0v) is 20.1. The van der Waals surface area contributed by atoms with E-state index in [9.17, 15) is 4.79 Å². The highest BCUT2D eigenvalue weighted by Gasteiger charge is 2.19. The van der Waals surface area contributed by atoms with Crippen molar-refractivity contribution in [1.29, 1.82) is 0 Å². The van der Waals surface area contributed by atoms with Crippen LogP contribution in [-0.4, -0.2) is 30.6 Å². The van der Waals surface area contributed by atoms with Gasteiger partial charge in [0.05, 0.1) is 11.4 Å². The smallest absolute Gasteiger partial charge is 0.230 e. The van der Waals surface area contributed by atoms with Crippen molar-refractivity contribution in [2.75, 3.05) is 4.90 Å². The fraction of sp³-hybridized carbons (Fsp3) is 0.208. The Balaban J connectivity index is 1.52. The number of hydrogen-bond donors (Lipinski definition) is 0. The zero-order chi connectivity index (χ0) is 23.2. The van der Waals surface area contributed by atoms with Crippen molar-refractivity contribution in [3.05, 3.63) is 78.1 Å². The van der Waals surface area contributed by atoms with Crippen molar-refractivity contribution in [3.63, 3.8) is 0 Å². The maximum Gasteiger partial charge on any atom is 0.230 e. The van der Waals surface area contributed by atoms with Gasteiger partial charge >= 0.3 is 0 Å². The first-order valence-electron chi connectivity index (χ1n) is 10.5. The molecule has 0 atom stereocenters. The van der Waals surface area contributed by atoms with Crippen LogP contribution < -0.4 is 4.90 Å². The second kappa shape index (κ2) is 10.5. The summed E-state index contributed by atoms with van der Waals surface area (Å²) in [5.41, 5.74) is 3.89. The molecule has 33 heavy (non-hydrogen) atoms. The largest absolute Gasteiger partial charge is 0.298 e. The fourth-order valence-corrected chi connectivity index (χ4v) is 5.15. The molecule has 4 aromatic rings. The van der Waals surface area contributed by atoms with E-state index in [1.54, 1.807) is 36.0 Å². The number of hydrogen-bond acceptors (Lipinski definition) is 7. The zero-order valence-electron chi connectivity index (χ0n) is 18.5. The monoisotopic (exact) mass is 476 g/mol. The highest BCUT2D eigenvalue weighted by molar-refractivity contribution is 7.98. The Hall–Kier alpha value is -3.30. The van der Waals surface area contributed by atoms with E-state index in [-0.39, 0.29) is 5.91 Å². The molecular formula is C24H24N6OS2. The van der Waals surface area contributed by atoms with Crippen LogP contribution >= 0.6 is 23.1 Å². The molecule has 1 aromatic carbocycles. The lowest BCUT2D eigenvalue weighted by molar-refractivity contribution is -0.115. The Morgan fingerprint density at radius 1 is 1.18 bits per heavy atom. The fourth-order valence-electron chi connectivity index (χ4n) is 3.32. The van der Waals surface area contributed by atoms with Crippen molar-refractivity contribution < 1.29 is 4.79 Å². The Morgan fingerprint density at radius 3 is 2.61 bits per heavy atom. The number of thioether (sulfide) groups is 1. The summed E-state index contributed by atoms with van der Waals surface area (Å²) in [5, 5.41) is 12.2. The molecule has 0 N–H and O–H groups in total. The first-order valence-corrected chi connectivity index (χ1v) is 12.4. The lowest BCUT2D eigenvalue weighted by atomic mass is 10.1. The summed E-state index contributed by atoms with van der Waals surface area (Å²) in [4.78, 5) is 22.8. The number of rotatable bonds is 9. The number of carbonyl (C=O) groups is 1. The summed E-state index contributed by atoms with van der Waals surface area (Å²) in [7, 11) is 0. The van der Waals surface area contributed by atoms with Crippen LogP contribution in [-0.2, 0) is 23.5 Å². The molecule has 7 nitrogen and oxygen atoms in total. The van der Waals surface area contributed by atoms with Gasteiger partial charge in [0.1, 0.15) is 0 Å². The van der Waals surface area contributed by atoms with E-state index in [0.29, 0.717) is 17.4 Å². The lowest BCUT2D eigenvalue weighted by Crippen LogP contribution is -2.22. The minimum absolute atomic E-state index is 0.0690. The van der Waals surface area contributed by atoms with E-state index in [1.807, 2.05) is 52.4 Å². The molecule has 0 saturated heterocycles. The van der Waals surface area contributed by atoms with Gasteiger partial charge in [-0.1, -0.05) is 36.9 Å². The van der Waals surface area contributed by atoms with Crippen LogP contribution in [0.5, 0.6) is 0 Å². The molecule has 0 unspecified atom stereocenters. The molecule has 0 bridgehead atoms. The number of carbonyl (C=O) groups excluding carboxylic acids is 1. The van der Waals surface area contributed by atoms with Gasteiger partial charge in [-0.3, -0.25) is 19.2 Å². The molecule has 0 radical (unpaired) electrons. The number of amides is 1. The molecule has 0 fully saturated rings. The lowest BCUT2D eigenvalue weighted by Gasteiger charge is -2.18. The number of pyridine rings is 1. The predicted molar refractivity (Wildman–Crippen MR) is 134 cm³/mol. The van der Waals surface area contributed by atoms with Crippen molar-refractivity contribution in [2.45, 2.75) is 37.7 Å². The van der Waals surface area contributed by atoms with Crippen LogP contribution in [0.25, 0.3) is 11.4 Å². The third kappa shape index (κ3) is 5.20. The number of nitrogens with zero attached hydrogens (tertiary/aromatic N) is 6. The van der Waals surface area contributed by atoms with Crippen LogP contribution in [0.4, 0.5) is 10.8 Å². The standard InChI is InChI=1S/C24H24N6OS2/c1-4-14-29-22(19-10-12-25-13-11-19)27-28-24(29)33-16-20-15-32-23(26-20)30(17(3)31)21-8-6-18(5-2)7-9-21/h4,6-13,15H,1,5,14,16H2,2-3H3. The molecule has 0 aliphatic carbocycles. The minimum atomic E-state index is -0.0690. The SMILES string of the molecule is C=CCn1c(SCc2csc(N(C(C)=O)c3ccc(CC)cc3)n2)nnc1-c1ccncc1. The Bertz CT molecular complexity index is 1230. The van der Waals surface area contributed by atoms with Crippen LogP contribution in [0.15, 0.2) is 72.0 Å². The summed E-state index contributed by atoms with van der Waals surface area (Å²) >= 11 is 3.01. The second-order valence-corrected chi connectivity index (χ2v) is 9.00. The highest BCUT2D eigenvalue weighted by Crippen LogP contribution is 2.32. The van der Waals surface area contributed by atoms with E-state index < -0.39 is 0 Å². The number of anilines is 2. The molecular weight excluding hydrogens is 452 g/mol. The van der Waals surface area contributed by atoms with Gasteiger partial charge in [-0.2, -0.15) is 0 Å². The minimum Gasteiger partial charge on any atom is -0.298 e. The van der Waals surface area contributed by atoms with Gasteiger partial charge in [0.15, 0.2) is 16.1 Å². The van der Waals surface area contributed by atoms with E-state index in [2.05, 4.69) is 28.7 Å². The van der Waals surface area contributed by atoms with Gasteiger partial charge in [0, 0.05) is 42.6 Å². The summed E-state index contributed by atoms with van der Waals surface area (Å²) < 4.78 is 2.03. The number of aryl methyl sites for hydroxylation is 1. The van der Waals surface area contributed by atoms with E-state index in [1.165, 1.54) is 16.9 Å². The maximum absolute atomic E-state index is 12.4. The van der Waals surface area contributed by atoms with Gasteiger partial charge in [-0.15, -0.1) is 28.1 Å². The molecule has 0 spiro atoms. The molecule has 9 heteroatoms. The summed E-state index contributed by atoms with van der Waals surface area (Å²) in [5.74, 6) is 1.32. The van der Waals surface area contributed by atoms with Gasteiger partial charge in [0.25, 0.3) is 0 Å². The van der Waals surface area contributed by atoms with Gasteiger partial charge < -0.3 is 0 Å². The summed E-state index contributed by atoms with van der Waals surface area (Å²) in [6, 6.07) is 11.8. The first-order chi connectivity index (χ1) is 16.1. The number of thiazole rings is 1. The van der Waals surface area contributed by atoms with Crippen LogP contribution in [0.1, 0.15) is 25.1 Å². The van der Waals surface area contributed by atoms with E-state index in [4.69, 9.17) is 4.98 Å². The van der Waals surface area contributed by atoms with E-state index in [0.717, 1.165) is 34.3 Å². The van der Waals surface area contributed by atoms with Crippen LogP contribution in [0.3, 0.4) is 0 Å². The molecule has 0 aliphatic heterocycles. The summed E-state index contributed by atoms with van der Waals surface area (Å²) in [6.45, 7) is 8.13. The Kier molecular flexibility index (Phi) is 7.31. The predicted octanol–water partition coefficient (Wildman–Crippen LogP) is 5.52. The van der Waals surface area contributed by atoms with Crippen molar-refractivity contribution in [3.8, 4) is 11.4 Å². The van der Waals surface area contributed by atoms with Crippen molar-refractivity contribution in [2.24, 2.45) is 0 Å². The van der Waals surface area contributed by atoms with Crippen molar-refractivity contribution >= 4 is 39.8 Å². The molecule has 0 saturated carbocycles. The first kappa shape index (κ1) is 22.9. The van der Waals surface area contributed by atoms with Gasteiger partial charge in [-0.05, 0) is 36.2 Å². The maximum atomic E-state index is 12.4. The quantitative estimate of drug-likeness (QED) is 0.234. The molecule has 3 aromatic heterocycles. The number of aromatic nitrogens is 5. The van der Waals surface area contributed by atoms with E-state index >= 15 is 0 Å². The normalized spacial score (nSPS) is 10.8. The molecule has 0 aliphatic rings. The third-order valence-corrected chi connectivity index (χ3v) is 6.84. The third-order valence-electron chi connectivity index (χ3n) is 4.96. The summed E-state index contributed by atoms with van der Waals surface area (Å²) in [6.07, 6.45) is 6.26. The number of allylic oxidation sites excluding steroid dienone is 1. The van der Waals surface area contributed by atoms with Gasteiger partial charge in [-0.25, -0.2) is 4.98 Å². The Labute approximate surface area is 201 Å². The van der Waals surface area contributed by atoms with Crippen molar-refractivity contribution in [1.82, 2.24) is 24.7 Å². The van der Waals surface area contributed by atoms with Crippen LogP contribution in [0.2, 0.25) is 0 Å². The average Bonchev–Trinajstić information content (AvgIpc) is 3.46. The topological polar surface area (TPSA) is 76.8 Å². The molecule has 4 rings (SSSR count). The second-order valence-electron chi connectivity index (χ2n) is 7.23.